The number of amides is 1. The van der Waals surface area contributed by atoms with E-state index in [0.717, 1.165) is 13.0 Å². The molecule has 1 aromatic heterocycles. The lowest BCUT2D eigenvalue weighted by atomic mass is 9.89. The summed E-state index contributed by atoms with van der Waals surface area (Å²) in [6.45, 7) is 2.09. The summed E-state index contributed by atoms with van der Waals surface area (Å²) in [7, 11) is 4.01. The van der Waals surface area contributed by atoms with Gasteiger partial charge < -0.3 is 14.9 Å². The minimum atomic E-state index is -0.373. The highest BCUT2D eigenvalue weighted by molar-refractivity contribution is 5.93. The van der Waals surface area contributed by atoms with E-state index in [9.17, 15) is 14.3 Å². The van der Waals surface area contributed by atoms with Gasteiger partial charge in [0.05, 0.1) is 5.69 Å². The topological polar surface area (TPSA) is 72.5 Å². The van der Waals surface area contributed by atoms with E-state index in [1.165, 1.54) is 6.07 Å². The van der Waals surface area contributed by atoms with E-state index in [-0.39, 0.29) is 24.2 Å². The van der Waals surface area contributed by atoms with Gasteiger partial charge in [0.2, 0.25) is 0 Å². The Labute approximate surface area is 152 Å². The fraction of sp³-hybridized carbons (Fsp3) is 0.474. The van der Waals surface area contributed by atoms with Crippen molar-refractivity contribution in [2.24, 2.45) is 11.8 Å². The van der Waals surface area contributed by atoms with Crippen molar-refractivity contribution < 1.29 is 14.3 Å². The predicted octanol–water partition coefficient (Wildman–Crippen LogP) is 1.85. The highest BCUT2D eigenvalue weighted by Gasteiger charge is 2.31. The molecule has 3 rings (SSSR count). The van der Waals surface area contributed by atoms with E-state index >= 15 is 0 Å². The number of benzene rings is 1. The van der Waals surface area contributed by atoms with E-state index < -0.39 is 0 Å². The molecule has 7 heteroatoms. The van der Waals surface area contributed by atoms with Gasteiger partial charge in [-0.3, -0.25) is 9.89 Å². The first-order valence-corrected chi connectivity index (χ1v) is 8.83. The molecule has 1 aromatic carbocycles. The van der Waals surface area contributed by atoms with E-state index in [4.69, 9.17) is 0 Å². The first-order valence-electron chi connectivity index (χ1n) is 8.83. The number of aromatic nitrogens is 2. The fourth-order valence-corrected chi connectivity index (χ4v) is 3.67. The van der Waals surface area contributed by atoms with Gasteiger partial charge in [0.15, 0.2) is 0 Å². The first kappa shape index (κ1) is 18.5. The summed E-state index contributed by atoms with van der Waals surface area (Å²) in [4.78, 5) is 16.7. The molecule has 0 radical (unpaired) electrons. The van der Waals surface area contributed by atoms with Gasteiger partial charge in [0.25, 0.3) is 5.91 Å². The van der Waals surface area contributed by atoms with Crippen molar-refractivity contribution in [2.45, 2.75) is 6.42 Å². The Morgan fingerprint density at radius 1 is 1.35 bits per heavy atom. The summed E-state index contributed by atoms with van der Waals surface area (Å²) in [5.74, 6) is -0.148. The standard InChI is InChI=1S/C19H25FN4O2/c1-23(2)9-13-7-14(12-25)11-24(10-13)19(26)18-8-17(21-22-18)15-5-3-4-6-16(15)20/h3-6,8,13-14,25H,7,9-12H2,1-2H3,(H,21,22)/t13-,14-/m1/s1. The molecule has 0 unspecified atom stereocenters. The second-order valence-corrected chi connectivity index (χ2v) is 7.27. The molecule has 0 spiro atoms. The first-order chi connectivity index (χ1) is 12.5. The smallest absolute Gasteiger partial charge is 0.271 e. The molecular formula is C19H25FN4O2. The van der Waals surface area contributed by atoms with Crippen LogP contribution in [0.2, 0.25) is 0 Å². The molecule has 1 aliphatic heterocycles. The van der Waals surface area contributed by atoms with Crippen molar-refractivity contribution in [3.8, 4) is 11.3 Å². The van der Waals surface area contributed by atoms with Gasteiger partial charge in [-0.05, 0) is 50.6 Å². The average molecular weight is 360 g/mol. The number of likely N-dealkylation sites (tertiary alicyclic amines) is 1. The third kappa shape index (κ3) is 4.11. The Morgan fingerprint density at radius 3 is 2.77 bits per heavy atom. The largest absolute Gasteiger partial charge is 0.396 e. The summed E-state index contributed by atoms with van der Waals surface area (Å²) >= 11 is 0. The van der Waals surface area contributed by atoms with Crippen LogP contribution < -0.4 is 0 Å². The Balaban J connectivity index is 1.77. The van der Waals surface area contributed by atoms with Gasteiger partial charge in [0, 0.05) is 31.8 Å². The number of hydrogen-bond acceptors (Lipinski definition) is 4. The second kappa shape index (κ2) is 7.97. The zero-order valence-electron chi connectivity index (χ0n) is 15.2. The number of aliphatic hydroxyl groups excluding tert-OH is 1. The molecule has 1 fully saturated rings. The number of hydrogen-bond donors (Lipinski definition) is 2. The van der Waals surface area contributed by atoms with Crippen LogP contribution in [0.3, 0.4) is 0 Å². The lowest BCUT2D eigenvalue weighted by Gasteiger charge is -2.38. The lowest BCUT2D eigenvalue weighted by Crippen LogP contribution is -2.47. The number of aliphatic hydroxyl groups is 1. The maximum Gasteiger partial charge on any atom is 0.271 e. The Kier molecular flexibility index (Phi) is 5.68. The van der Waals surface area contributed by atoms with Gasteiger partial charge in [0.1, 0.15) is 11.5 Å². The van der Waals surface area contributed by atoms with Crippen molar-refractivity contribution in [1.82, 2.24) is 20.0 Å². The molecule has 6 nitrogen and oxygen atoms in total. The third-order valence-corrected chi connectivity index (χ3v) is 4.75. The molecule has 140 valence electrons. The number of H-pyrrole nitrogens is 1. The van der Waals surface area contributed by atoms with Crippen LogP contribution >= 0.6 is 0 Å². The van der Waals surface area contributed by atoms with Crippen LogP contribution in [0.5, 0.6) is 0 Å². The van der Waals surface area contributed by atoms with Crippen molar-refractivity contribution in [1.29, 1.82) is 0 Å². The monoisotopic (exact) mass is 360 g/mol. The molecule has 1 aliphatic rings. The second-order valence-electron chi connectivity index (χ2n) is 7.27. The number of rotatable bonds is 5. The highest BCUT2D eigenvalue weighted by atomic mass is 19.1. The fourth-order valence-electron chi connectivity index (χ4n) is 3.67. The van der Waals surface area contributed by atoms with Crippen LogP contribution in [0.15, 0.2) is 30.3 Å². The van der Waals surface area contributed by atoms with Gasteiger partial charge in [-0.1, -0.05) is 12.1 Å². The minimum absolute atomic E-state index is 0.0666. The number of nitrogens with one attached hydrogen (secondary N) is 1. The SMILES string of the molecule is CN(C)C[C@H]1C[C@@H](CO)CN(C(=O)c2cc(-c3ccccc3F)n[nH]2)C1. The summed E-state index contributed by atoms with van der Waals surface area (Å²) in [6, 6.07) is 7.94. The summed E-state index contributed by atoms with van der Waals surface area (Å²) in [5, 5.41) is 16.4. The third-order valence-electron chi connectivity index (χ3n) is 4.75. The zero-order chi connectivity index (χ0) is 18.7. The van der Waals surface area contributed by atoms with Crippen LogP contribution in [-0.2, 0) is 0 Å². The van der Waals surface area contributed by atoms with E-state index in [2.05, 4.69) is 15.1 Å². The van der Waals surface area contributed by atoms with Gasteiger partial charge in [-0.25, -0.2) is 4.39 Å². The van der Waals surface area contributed by atoms with Crippen molar-refractivity contribution >= 4 is 5.91 Å². The molecule has 0 bridgehead atoms. The number of nitrogens with zero attached hydrogens (tertiary/aromatic N) is 3. The molecule has 2 atom stereocenters. The molecule has 2 heterocycles. The van der Waals surface area contributed by atoms with E-state index in [1.807, 2.05) is 14.1 Å². The molecule has 2 aromatic rings. The average Bonchev–Trinajstić information content (AvgIpc) is 3.10. The minimum Gasteiger partial charge on any atom is -0.396 e. The van der Waals surface area contributed by atoms with Gasteiger partial charge in [-0.15, -0.1) is 0 Å². The Bertz CT molecular complexity index is 762. The highest BCUT2D eigenvalue weighted by Crippen LogP contribution is 2.25. The van der Waals surface area contributed by atoms with Crippen LogP contribution in [0.25, 0.3) is 11.3 Å². The molecule has 0 saturated carbocycles. The lowest BCUT2D eigenvalue weighted by molar-refractivity contribution is 0.0472. The molecule has 26 heavy (non-hydrogen) atoms. The van der Waals surface area contributed by atoms with Crippen LogP contribution in [0.1, 0.15) is 16.9 Å². The maximum atomic E-state index is 13.9. The Hall–Kier alpha value is -2.25. The van der Waals surface area contributed by atoms with Gasteiger partial charge >= 0.3 is 0 Å². The maximum absolute atomic E-state index is 13.9. The number of halogens is 1. The van der Waals surface area contributed by atoms with Crippen LogP contribution in [-0.4, -0.2) is 71.3 Å². The number of aromatic amines is 1. The summed E-state index contributed by atoms with van der Waals surface area (Å²) in [6.07, 6.45) is 0.905. The zero-order valence-corrected chi connectivity index (χ0v) is 15.2. The van der Waals surface area contributed by atoms with Gasteiger partial charge in [-0.2, -0.15) is 5.10 Å². The van der Waals surface area contributed by atoms with E-state index in [0.29, 0.717) is 36.0 Å². The van der Waals surface area contributed by atoms with Crippen molar-refractivity contribution in [2.75, 3.05) is 40.3 Å². The molecule has 0 aliphatic carbocycles. The van der Waals surface area contributed by atoms with E-state index in [1.54, 1.807) is 29.2 Å². The van der Waals surface area contributed by atoms with Crippen LogP contribution in [0, 0.1) is 17.7 Å². The molecule has 2 N–H and O–H groups in total. The Morgan fingerprint density at radius 2 is 2.08 bits per heavy atom. The molecular weight excluding hydrogens is 335 g/mol. The molecule has 1 saturated heterocycles. The van der Waals surface area contributed by atoms with Crippen molar-refractivity contribution in [3.63, 3.8) is 0 Å². The number of carbonyl (C=O) groups excluding carboxylic acids is 1. The number of carbonyl (C=O) groups is 1. The summed E-state index contributed by atoms with van der Waals surface area (Å²) < 4.78 is 13.9. The molecule has 1 amide bonds. The predicted molar refractivity (Wildman–Crippen MR) is 97.1 cm³/mol. The van der Waals surface area contributed by atoms with Crippen LogP contribution in [0.4, 0.5) is 4.39 Å². The van der Waals surface area contributed by atoms with Crippen molar-refractivity contribution in [3.05, 3.63) is 41.8 Å². The number of piperidine rings is 1. The summed E-state index contributed by atoms with van der Waals surface area (Å²) in [5.41, 5.74) is 1.11. The quantitative estimate of drug-likeness (QED) is 0.854. The normalized spacial score (nSPS) is 20.6.